The van der Waals surface area contributed by atoms with Crippen LogP contribution in [-0.4, -0.2) is 25.8 Å². The second-order valence-electron chi connectivity index (χ2n) is 4.51. The van der Waals surface area contributed by atoms with Gasteiger partial charge >= 0.3 is 0 Å². The maximum atomic E-state index is 9.05. The summed E-state index contributed by atoms with van der Waals surface area (Å²) < 4.78 is 5.29. The van der Waals surface area contributed by atoms with Crippen molar-refractivity contribution in [2.24, 2.45) is 5.41 Å². The molecule has 0 aromatic carbocycles. The molecule has 0 spiro atoms. The van der Waals surface area contributed by atoms with E-state index in [0.29, 0.717) is 6.04 Å². The molecule has 78 valence electrons. The van der Waals surface area contributed by atoms with Gasteiger partial charge in [-0.05, 0) is 25.7 Å². The summed E-state index contributed by atoms with van der Waals surface area (Å²) in [6.45, 7) is 2.63. The lowest BCUT2D eigenvalue weighted by atomic mass is 9.70. The molecule has 0 aromatic rings. The monoisotopic (exact) mass is 194 g/mol. The van der Waals surface area contributed by atoms with Crippen LogP contribution in [0.15, 0.2) is 0 Å². The van der Waals surface area contributed by atoms with Gasteiger partial charge in [0.25, 0.3) is 0 Å². The van der Waals surface area contributed by atoms with Crippen molar-refractivity contribution in [2.45, 2.75) is 38.1 Å². The second-order valence-corrected chi connectivity index (χ2v) is 4.51. The van der Waals surface area contributed by atoms with Gasteiger partial charge in [0.1, 0.15) is 0 Å². The Morgan fingerprint density at radius 2 is 2.07 bits per heavy atom. The van der Waals surface area contributed by atoms with E-state index >= 15 is 0 Å². The summed E-state index contributed by atoms with van der Waals surface area (Å²) in [5, 5.41) is 12.6. The first-order valence-electron chi connectivity index (χ1n) is 5.57. The highest BCUT2D eigenvalue weighted by molar-refractivity contribution is 5.06. The van der Waals surface area contributed by atoms with Gasteiger partial charge in [-0.15, -0.1) is 0 Å². The summed E-state index contributed by atoms with van der Waals surface area (Å²) in [7, 11) is 0. The van der Waals surface area contributed by atoms with Crippen LogP contribution in [0, 0.1) is 16.7 Å². The van der Waals surface area contributed by atoms with Crippen LogP contribution in [-0.2, 0) is 4.74 Å². The molecule has 14 heavy (non-hydrogen) atoms. The number of nitrogens with one attached hydrogen (secondary N) is 1. The van der Waals surface area contributed by atoms with E-state index in [1.165, 1.54) is 6.42 Å². The van der Waals surface area contributed by atoms with Gasteiger partial charge in [-0.2, -0.15) is 5.26 Å². The van der Waals surface area contributed by atoms with E-state index in [1.807, 2.05) is 0 Å². The van der Waals surface area contributed by atoms with Crippen molar-refractivity contribution in [3.63, 3.8) is 0 Å². The van der Waals surface area contributed by atoms with E-state index < -0.39 is 0 Å². The summed E-state index contributed by atoms with van der Waals surface area (Å²) in [5.41, 5.74) is -0.0295. The van der Waals surface area contributed by atoms with Crippen molar-refractivity contribution in [2.75, 3.05) is 19.8 Å². The molecule has 3 heteroatoms. The number of rotatable bonds is 3. The molecule has 0 unspecified atom stereocenters. The Bertz CT molecular complexity index is 224. The molecule has 0 radical (unpaired) electrons. The van der Waals surface area contributed by atoms with E-state index in [4.69, 9.17) is 10.00 Å². The Labute approximate surface area is 85.4 Å². The summed E-state index contributed by atoms with van der Waals surface area (Å²) in [6, 6.07) is 3.04. The molecule has 1 aliphatic carbocycles. The standard InChI is InChI=1S/C11H18N2O/c12-8-11(4-1-5-11)9-13-10-2-6-14-7-3-10/h10,13H,1-7,9H2. The Hall–Kier alpha value is -0.590. The average molecular weight is 194 g/mol. The Morgan fingerprint density at radius 3 is 2.57 bits per heavy atom. The average Bonchev–Trinajstić information content (AvgIpc) is 2.19. The fourth-order valence-electron chi connectivity index (χ4n) is 2.17. The Kier molecular flexibility index (Phi) is 3.05. The van der Waals surface area contributed by atoms with Gasteiger partial charge in [-0.3, -0.25) is 0 Å². The lowest BCUT2D eigenvalue weighted by Gasteiger charge is -2.37. The zero-order valence-electron chi connectivity index (χ0n) is 8.59. The highest BCUT2D eigenvalue weighted by atomic mass is 16.5. The fourth-order valence-corrected chi connectivity index (χ4v) is 2.17. The van der Waals surface area contributed by atoms with Crippen LogP contribution < -0.4 is 5.32 Å². The zero-order chi connectivity index (χ0) is 9.86. The van der Waals surface area contributed by atoms with Crippen LogP contribution in [0.2, 0.25) is 0 Å². The van der Waals surface area contributed by atoms with E-state index in [-0.39, 0.29) is 5.41 Å². The lowest BCUT2D eigenvalue weighted by Crippen LogP contribution is -2.44. The number of ether oxygens (including phenoxy) is 1. The smallest absolute Gasteiger partial charge is 0.0703 e. The Balaban J connectivity index is 1.73. The van der Waals surface area contributed by atoms with Crippen molar-refractivity contribution < 1.29 is 4.74 Å². The molecule has 2 rings (SSSR count). The third-order valence-corrected chi connectivity index (χ3v) is 3.50. The van der Waals surface area contributed by atoms with E-state index in [1.54, 1.807) is 0 Å². The molecule has 0 amide bonds. The van der Waals surface area contributed by atoms with Gasteiger partial charge in [-0.1, -0.05) is 6.42 Å². The molecule has 0 aromatic heterocycles. The summed E-state index contributed by atoms with van der Waals surface area (Å²) >= 11 is 0. The number of hydrogen-bond acceptors (Lipinski definition) is 3. The lowest BCUT2D eigenvalue weighted by molar-refractivity contribution is 0.0724. The molecule has 1 saturated heterocycles. The zero-order valence-corrected chi connectivity index (χ0v) is 8.59. The summed E-state index contributed by atoms with van der Waals surface area (Å²) in [4.78, 5) is 0. The normalized spacial score (nSPS) is 26.5. The predicted octanol–water partition coefficient (Wildman–Crippen LogP) is 1.45. The maximum Gasteiger partial charge on any atom is 0.0703 e. The van der Waals surface area contributed by atoms with Crippen LogP contribution in [0.3, 0.4) is 0 Å². The quantitative estimate of drug-likeness (QED) is 0.739. The third kappa shape index (κ3) is 2.08. The SMILES string of the molecule is N#CC1(CNC2CCOCC2)CCC1. The van der Waals surface area contributed by atoms with Crippen LogP contribution in [0.5, 0.6) is 0 Å². The van der Waals surface area contributed by atoms with E-state index in [9.17, 15) is 0 Å². The number of nitriles is 1. The first-order chi connectivity index (χ1) is 6.85. The van der Waals surface area contributed by atoms with Gasteiger partial charge in [0, 0.05) is 25.8 Å². The van der Waals surface area contributed by atoms with Crippen LogP contribution in [0.1, 0.15) is 32.1 Å². The molecule has 3 nitrogen and oxygen atoms in total. The largest absolute Gasteiger partial charge is 0.381 e. The predicted molar refractivity (Wildman–Crippen MR) is 53.7 cm³/mol. The van der Waals surface area contributed by atoms with Crippen molar-refractivity contribution in [1.29, 1.82) is 5.26 Å². The van der Waals surface area contributed by atoms with Crippen molar-refractivity contribution in [3.8, 4) is 6.07 Å². The van der Waals surface area contributed by atoms with Crippen LogP contribution in [0.4, 0.5) is 0 Å². The summed E-state index contributed by atoms with van der Waals surface area (Å²) in [6.07, 6.45) is 5.59. The second kappa shape index (κ2) is 4.29. The molecular weight excluding hydrogens is 176 g/mol. The third-order valence-electron chi connectivity index (χ3n) is 3.50. The number of nitrogens with zero attached hydrogens (tertiary/aromatic N) is 1. The fraction of sp³-hybridized carbons (Fsp3) is 0.909. The summed E-state index contributed by atoms with van der Waals surface area (Å²) in [5.74, 6) is 0. The molecule has 1 heterocycles. The highest BCUT2D eigenvalue weighted by Crippen LogP contribution is 2.39. The van der Waals surface area contributed by atoms with Crippen LogP contribution in [0.25, 0.3) is 0 Å². The topological polar surface area (TPSA) is 45.0 Å². The Morgan fingerprint density at radius 1 is 1.36 bits per heavy atom. The van der Waals surface area contributed by atoms with E-state index in [2.05, 4.69) is 11.4 Å². The first-order valence-corrected chi connectivity index (χ1v) is 5.57. The molecule has 1 saturated carbocycles. The maximum absolute atomic E-state index is 9.05. The van der Waals surface area contributed by atoms with Gasteiger partial charge in [0.2, 0.25) is 0 Å². The molecule has 2 fully saturated rings. The van der Waals surface area contributed by atoms with E-state index in [0.717, 1.165) is 45.4 Å². The molecule has 0 atom stereocenters. The molecule has 1 aliphatic heterocycles. The molecule has 0 bridgehead atoms. The molecular formula is C11H18N2O. The minimum absolute atomic E-state index is 0.0295. The van der Waals surface area contributed by atoms with Gasteiger partial charge in [0.15, 0.2) is 0 Å². The molecule has 2 aliphatic rings. The van der Waals surface area contributed by atoms with Crippen LogP contribution >= 0.6 is 0 Å². The van der Waals surface area contributed by atoms with Gasteiger partial charge in [0.05, 0.1) is 11.5 Å². The van der Waals surface area contributed by atoms with Gasteiger partial charge < -0.3 is 10.1 Å². The molecule has 1 N–H and O–H groups in total. The van der Waals surface area contributed by atoms with Gasteiger partial charge in [-0.25, -0.2) is 0 Å². The minimum atomic E-state index is -0.0295. The highest BCUT2D eigenvalue weighted by Gasteiger charge is 2.37. The number of hydrogen-bond donors (Lipinski definition) is 1. The van der Waals surface area contributed by atoms with Crippen molar-refractivity contribution >= 4 is 0 Å². The van der Waals surface area contributed by atoms with Crippen molar-refractivity contribution in [3.05, 3.63) is 0 Å². The van der Waals surface area contributed by atoms with Crippen molar-refractivity contribution in [1.82, 2.24) is 5.32 Å². The first kappa shape index (κ1) is 9.95. The minimum Gasteiger partial charge on any atom is -0.381 e.